The summed E-state index contributed by atoms with van der Waals surface area (Å²) in [5.74, 6) is 0.360. The molecule has 3 rings (SSSR count). The standard InChI is InChI=1S/C17H19FN4O3/c1-12-10-15(20-25-12)19-16(23)11-21-6-8-22(9-7-21)17(24)13-2-4-14(18)5-3-13/h2-5,10H,6-9,11H2,1H3,(H,19,20,23). The molecule has 1 N–H and O–H groups in total. The first kappa shape index (κ1) is 17.1. The van der Waals surface area contributed by atoms with E-state index in [-0.39, 0.29) is 24.2 Å². The zero-order chi connectivity index (χ0) is 17.8. The van der Waals surface area contributed by atoms with Crippen LogP contribution in [0.15, 0.2) is 34.9 Å². The number of nitrogens with one attached hydrogen (secondary N) is 1. The predicted molar refractivity (Wildman–Crippen MR) is 88.6 cm³/mol. The third-order valence-corrected chi connectivity index (χ3v) is 4.01. The van der Waals surface area contributed by atoms with E-state index in [1.165, 1.54) is 24.3 Å². The zero-order valence-electron chi connectivity index (χ0n) is 13.9. The maximum atomic E-state index is 12.9. The molecule has 1 aromatic heterocycles. The Morgan fingerprint density at radius 2 is 1.88 bits per heavy atom. The van der Waals surface area contributed by atoms with Crippen LogP contribution in [0, 0.1) is 12.7 Å². The molecule has 0 aliphatic carbocycles. The van der Waals surface area contributed by atoms with Gasteiger partial charge in [-0.15, -0.1) is 0 Å². The molecule has 0 unspecified atom stereocenters. The van der Waals surface area contributed by atoms with Gasteiger partial charge >= 0.3 is 0 Å². The lowest BCUT2D eigenvalue weighted by atomic mass is 10.2. The first-order valence-electron chi connectivity index (χ1n) is 8.01. The highest BCUT2D eigenvalue weighted by molar-refractivity contribution is 5.94. The summed E-state index contributed by atoms with van der Waals surface area (Å²) in [5.41, 5.74) is 0.467. The van der Waals surface area contributed by atoms with E-state index in [9.17, 15) is 14.0 Å². The van der Waals surface area contributed by atoms with Crippen LogP contribution in [0.4, 0.5) is 10.2 Å². The van der Waals surface area contributed by atoms with Gasteiger partial charge in [-0.25, -0.2) is 4.39 Å². The van der Waals surface area contributed by atoms with E-state index >= 15 is 0 Å². The van der Waals surface area contributed by atoms with Crippen molar-refractivity contribution in [2.24, 2.45) is 0 Å². The number of aromatic nitrogens is 1. The first-order valence-corrected chi connectivity index (χ1v) is 8.01. The van der Waals surface area contributed by atoms with Crippen molar-refractivity contribution in [3.8, 4) is 0 Å². The fourth-order valence-corrected chi connectivity index (χ4v) is 2.69. The first-order chi connectivity index (χ1) is 12.0. The van der Waals surface area contributed by atoms with Gasteiger partial charge in [-0.2, -0.15) is 0 Å². The second kappa shape index (κ2) is 7.43. The zero-order valence-corrected chi connectivity index (χ0v) is 13.9. The molecule has 0 bridgehead atoms. The van der Waals surface area contributed by atoms with Crippen LogP contribution in [0.25, 0.3) is 0 Å². The number of piperazine rings is 1. The molecule has 0 spiro atoms. The van der Waals surface area contributed by atoms with E-state index in [1.807, 2.05) is 4.90 Å². The lowest BCUT2D eigenvalue weighted by Crippen LogP contribution is -2.50. The van der Waals surface area contributed by atoms with Crippen molar-refractivity contribution in [3.05, 3.63) is 47.5 Å². The number of carbonyl (C=O) groups is 2. The van der Waals surface area contributed by atoms with Crippen molar-refractivity contribution in [1.29, 1.82) is 0 Å². The molecule has 1 aliphatic rings. The molecule has 1 saturated heterocycles. The number of amides is 2. The molecule has 0 radical (unpaired) electrons. The smallest absolute Gasteiger partial charge is 0.253 e. The topological polar surface area (TPSA) is 78.7 Å². The van der Waals surface area contributed by atoms with E-state index in [0.29, 0.717) is 43.3 Å². The SMILES string of the molecule is Cc1cc(NC(=O)CN2CCN(C(=O)c3ccc(F)cc3)CC2)no1. The summed E-state index contributed by atoms with van der Waals surface area (Å²) in [5, 5.41) is 6.39. The maximum Gasteiger partial charge on any atom is 0.253 e. The van der Waals surface area contributed by atoms with Crippen LogP contribution >= 0.6 is 0 Å². The monoisotopic (exact) mass is 346 g/mol. The normalized spacial score (nSPS) is 15.2. The fourth-order valence-electron chi connectivity index (χ4n) is 2.69. The number of benzene rings is 1. The van der Waals surface area contributed by atoms with Crippen molar-refractivity contribution in [3.63, 3.8) is 0 Å². The molecule has 1 fully saturated rings. The number of hydrogen-bond donors (Lipinski definition) is 1. The third-order valence-electron chi connectivity index (χ3n) is 4.01. The molecule has 1 aromatic carbocycles. The number of anilines is 1. The molecular formula is C17H19FN4O3. The van der Waals surface area contributed by atoms with Crippen LogP contribution in [0.1, 0.15) is 16.1 Å². The van der Waals surface area contributed by atoms with Crippen LogP contribution in [-0.2, 0) is 4.79 Å². The van der Waals surface area contributed by atoms with Gasteiger partial charge in [0.15, 0.2) is 5.82 Å². The third kappa shape index (κ3) is 4.42. The van der Waals surface area contributed by atoms with Gasteiger partial charge in [0.1, 0.15) is 11.6 Å². The van der Waals surface area contributed by atoms with Gasteiger partial charge in [0.2, 0.25) is 5.91 Å². The summed E-state index contributed by atoms with van der Waals surface area (Å²) in [6, 6.07) is 7.17. The average Bonchev–Trinajstić information content (AvgIpc) is 3.00. The highest BCUT2D eigenvalue weighted by Crippen LogP contribution is 2.11. The predicted octanol–water partition coefficient (Wildman–Crippen LogP) is 1.52. The number of halogens is 1. The lowest BCUT2D eigenvalue weighted by molar-refractivity contribution is -0.117. The van der Waals surface area contributed by atoms with E-state index in [0.717, 1.165) is 0 Å². The molecule has 7 nitrogen and oxygen atoms in total. The summed E-state index contributed by atoms with van der Waals surface area (Å²) in [4.78, 5) is 28.1. The fraction of sp³-hybridized carbons (Fsp3) is 0.353. The lowest BCUT2D eigenvalue weighted by Gasteiger charge is -2.34. The Hall–Kier alpha value is -2.74. The Morgan fingerprint density at radius 3 is 2.48 bits per heavy atom. The average molecular weight is 346 g/mol. The van der Waals surface area contributed by atoms with E-state index in [2.05, 4.69) is 10.5 Å². The number of carbonyl (C=O) groups excluding carboxylic acids is 2. The number of hydrogen-bond acceptors (Lipinski definition) is 5. The Morgan fingerprint density at radius 1 is 1.20 bits per heavy atom. The summed E-state index contributed by atoms with van der Waals surface area (Å²) in [7, 11) is 0. The quantitative estimate of drug-likeness (QED) is 0.908. The Bertz CT molecular complexity index is 752. The van der Waals surface area contributed by atoms with Gasteiger partial charge in [0.25, 0.3) is 5.91 Å². The van der Waals surface area contributed by atoms with Gasteiger partial charge in [-0.1, -0.05) is 5.16 Å². The summed E-state index contributed by atoms with van der Waals surface area (Å²) >= 11 is 0. The van der Waals surface area contributed by atoms with Crippen molar-refractivity contribution in [2.75, 3.05) is 38.0 Å². The molecular weight excluding hydrogens is 327 g/mol. The number of aryl methyl sites for hydroxylation is 1. The van der Waals surface area contributed by atoms with Crippen LogP contribution in [0.2, 0.25) is 0 Å². The molecule has 0 atom stereocenters. The van der Waals surface area contributed by atoms with E-state index < -0.39 is 0 Å². The van der Waals surface area contributed by atoms with Crippen LogP contribution < -0.4 is 5.32 Å². The minimum absolute atomic E-state index is 0.123. The molecule has 25 heavy (non-hydrogen) atoms. The highest BCUT2D eigenvalue weighted by Gasteiger charge is 2.23. The van der Waals surface area contributed by atoms with Crippen LogP contribution in [0.5, 0.6) is 0 Å². The van der Waals surface area contributed by atoms with Gasteiger partial charge in [-0.3, -0.25) is 14.5 Å². The van der Waals surface area contributed by atoms with E-state index in [4.69, 9.17) is 4.52 Å². The minimum Gasteiger partial charge on any atom is -0.360 e. The van der Waals surface area contributed by atoms with Crippen molar-refractivity contribution >= 4 is 17.6 Å². The second-order valence-electron chi connectivity index (χ2n) is 5.95. The van der Waals surface area contributed by atoms with Gasteiger partial charge < -0.3 is 14.7 Å². The number of nitrogens with zero attached hydrogens (tertiary/aromatic N) is 3. The minimum atomic E-state index is -0.366. The van der Waals surface area contributed by atoms with Gasteiger partial charge in [-0.05, 0) is 31.2 Å². The maximum absolute atomic E-state index is 12.9. The van der Waals surface area contributed by atoms with Gasteiger partial charge in [0.05, 0.1) is 6.54 Å². The highest BCUT2D eigenvalue weighted by atomic mass is 19.1. The molecule has 1 aliphatic heterocycles. The molecule has 2 aromatic rings. The van der Waals surface area contributed by atoms with Crippen LogP contribution in [-0.4, -0.2) is 59.5 Å². The van der Waals surface area contributed by atoms with Crippen molar-refractivity contribution in [2.45, 2.75) is 6.92 Å². The van der Waals surface area contributed by atoms with Crippen molar-refractivity contribution < 1.29 is 18.5 Å². The molecule has 2 heterocycles. The summed E-state index contributed by atoms with van der Waals surface area (Å²) in [6.45, 7) is 4.21. The van der Waals surface area contributed by atoms with Gasteiger partial charge in [0, 0.05) is 37.8 Å². The number of rotatable bonds is 4. The Kier molecular flexibility index (Phi) is 5.08. The Labute approximate surface area is 144 Å². The van der Waals surface area contributed by atoms with E-state index in [1.54, 1.807) is 17.9 Å². The molecule has 2 amide bonds. The molecule has 132 valence electrons. The molecule has 0 saturated carbocycles. The van der Waals surface area contributed by atoms with Crippen molar-refractivity contribution in [1.82, 2.24) is 15.0 Å². The molecule has 8 heteroatoms. The summed E-state index contributed by atoms with van der Waals surface area (Å²) in [6.07, 6.45) is 0. The second-order valence-corrected chi connectivity index (χ2v) is 5.95. The largest absolute Gasteiger partial charge is 0.360 e. The summed E-state index contributed by atoms with van der Waals surface area (Å²) < 4.78 is 17.8. The van der Waals surface area contributed by atoms with Crippen LogP contribution in [0.3, 0.4) is 0 Å². The Balaban J connectivity index is 1.47.